The van der Waals surface area contributed by atoms with Crippen LogP contribution >= 0.6 is 0 Å². The molecule has 4 rings (SSSR count). The Kier molecular flexibility index (Phi) is 6.04. The fourth-order valence-corrected chi connectivity index (χ4v) is 4.18. The van der Waals surface area contributed by atoms with E-state index in [0.717, 1.165) is 49.3 Å². The molecule has 148 valence electrons. The molecular formula is C26H28N2O. The normalized spacial score (nSPS) is 16.6. The second kappa shape index (κ2) is 9.04. The van der Waals surface area contributed by atoms with Gasteiger partial charge in [-0.15, -0.1) is 0 Å². The average Bonchev–Trinajstić information content (AvgIpc) is 2.75. The first-order chi connectivity index (χ1) is 14.2. The number of nitrogens with zero attached hydrogens (tertiary/aromatic N) is 2. The molecule has 3 nitrogen and oxygen atoms in total. The molecule has 0 N–H and O–H groups in total. The third kappa shape index (κ3) is 5.11. The summed E-state index contributed by atoms with van der Waals surface area (Å²) in [5.74, 6) is 0.540. The molecule has 2 aromatic carbocycles. The second-order valence-corrected chi connectivity index (χ2v) is 8.06. The van der Waals surface area contributed by atoms with Gasteiger partial charge in [0.15, 0.2) is 0 Å². The van der Waals surface area contributed by atoms with Gasteiger partial charge in [0.05, 0.1) is 6.42 Å². The maximum atomic E-state index is 12.8. The van der Waals surface area contributed by atoms with E-state index in [-0.39, 0.29) is 5.91 Å². The lowest BCUT2D eigenvalue weighted by Crippen LogP contribution is -2.40. The molecule has 0 spiro atoms. The lowest BCUT2D eigenvalue weighted by Gasteiger charge is -2.32. The summed E-state index contributed by atoms with van der Waals surface area (Å²) in [6.07, 6.45) is 3.46. The standard InChI is InChI=1S/C26H28N2O/c1-20-8-5-11-22(16-20)17-24-13-6-14-25(27-24)23-12-7-15-28(19-23)26(29)18-21-9-3-2-4-10-21/h2-6,8-11,13-14,16,23H,7,12,15,17-19H2,1H3/t23-/m1/s1. The number of carbonyl (C=O) groups is 1. The molecule has 1 fully saturated rings. The van der Waals surface area contributed by atoms with Gasteiger partial charge in [-0.3, -0.25) is 9.78 Å². The number of hydrogen-bond donors (Lipinski definition) is 0. The minimum Gasteiger partial charge on any atom is -0.342 e. The van der Waals surface area contributed by atoms with E-state index in [1.807, 2.05) is 35.2 Å². The number of carbonyl (C=O) groups excluding carboxylic acids is 1. The fourth-order valence-electron chi connectivity index (χ4n) is 4.18. The van der Waals surface area contributed by atoms with Gasteiger partial charge >= 0.3 is 0 Å². The summed E-state index contributed by atoms with van der Waals surface area (Å²) >= 11 is 0. The van der Waals surface area contributed by atoms with Gasteiger partial charge in [0.1, 0.15) is 0 Å². The summed E-state index contributed by atoms with van der Waals surface area (Å²) in [6, 6.07) is 25.0. The summed E-state index contributed by atoms with van der Waals surface area (Å²) in [5.41, 5.74) is 5.86. The summed E-state index contributed by atoms with van der Waals surface area (Å²) < 4.78 is 0. The maximum Gasteiger partial charge on any atom is 0.227 e. The van der Waals surface area contributed by atoms with Crippen molar-refractivity contribution in [1.29, 1.82) is 0 Å². The van der Waals surface area contributed by atoms with Gasteiger partial charge in [0.25, 0.3) is 0 Å². The first-order valence-electron chi connectivity index (χ1n) is 10.5. The van der Waals surface area contributed by atoms with E-state index in [9.17, 15) is 4.79 Å². The van der Waals surface area contributed by atoms with Crippen LogP contribution in [0, 0.1) is 6.92 Å². The Morgan fingerprint density at radius 2 is 1.79 bits per heavy atom. The highest BCUT2D eigenvalue weighted by molar-refractivity contribution is 5.79. The molecule has 0 bridgehead atoms. The highest BCUT2D eigenvalue weighted by Gasteiger charge is 2.25. The first-order valence-corrected chi connectivity index (χ1v) is 10.5. The van der Waals surface area contributed by atoms with Crippen molar-refractivity contribution < 1.29 is 4.79 Å². The number of piperidine rings is 1. The van der Waals surface area contributed by atoms with E-state index in [4.69, 9.17) is 4.98 Å². The SMILES string of the molecule is Cc1cccc(Cc2cccc([C@@H]3CCCN(C(=O)Cc4ccccc4)C3)n2)c1. The molecule has 1 atom stereocenters. The Hall–Kier alpha value is -2.94. The van der Waals surface area contributed by atoms with E-state index in [0.29, 0.717) is 12.3 Å². The van der Waals surface area contributed by atoms with Crippen molar-refractivity contribution in [3.05, 3.63) is 101 Å². The van der Waals surface area contributed by atoms with Crippen LogP contribution in [0.15, 0.2) is 72.8 Å². The minimum absolute atomic E-state index is 0.219. The molecule has 0 aliphatic carbocycles. The lowest BCUT2D eigenvalue weighted by atomic mass is 9.93. The van der Waals surface area contributed by atoms with E-state index in [2.05, 4.69) is 49.4 Å². The number of likely N-dealkylation sites (tertiary alicyclic amines) is 1. The second-order valence-electron chi connectivity index (χ2n) is 8.06. The lowest BCUT2D eigenvalue weighted by molar-refractivity contribution is -0.131. The summed E-state index contributed by atoms with van der Waals surface area (Å²) in [5, 5.41) is 0. The number of amides is 1. The Morgan fingerprint density at radius 1 is 1.00 bits per heavy atom. The van der Waals surface area contributed by atoms with Crippen molar-refractivity contribution in [2.24, 2.45) is 0 Å². The zero-order valence-electron chi connectivity index (χ0n) is 17.1. The van der Waals surface area contributed by atoms with E-state index in [1.165, 1.54) is 11.1 Å². The van der Waals surface area contributed by atoms with Crippen molar-refractivity contribution in [2.45, 2.75) is 38.5 Å². The van der Waals surface area contributed by atoms with Crippen molar-refractivity contribution in [1.82, 2.24) is 9.88 Å². The van der Waals surface area contributed by atoms with Crippen LogP contribution in [0.5, 0.6) is 0 Å². The highest BCUT2D eigenvalue weighted by Crippen LogP contribution is 2.26. The zero-order chi connectivity index (χ0) is 20.1. The quantitative estimate of drug-likeness (QED) is 0.625. The molecule has 1 aliphatic rings. The molecule has 3 aromatic rings. The van der Waals surface area contributed by atoms with Crippen LogP contribution in [-0.4, -0.2) is 28.9 Å². The molecular weight excluding hydrogens is 356 g/mol. The molecule has 3 heteroatoms. The largest absolute Gasteiger partial charge is 0.342 e. The van der Waals surface area contributed by atoms with Gasteiger partial charge in [-0.25, -0.2) is 0 Å². The molecule has 1 amide bonds. The average molecular weight is 385 g/mol. The Balaban J connectivity index is 1.43. The number of aromatic nitrogens is 1. The molecule has 1 aliphatic heterocycles. The molecule has 0 unspecified atom stereocenters. The molecule has 2 heterocycles. The zero-order valence-corrected chi connectivity index (χ0v) is 17.1. The number of benzene rings is 2. The number of hydrogen-bond acceptors (Lipinski definition) is 2. The van der Waals surface area contributed by atoms with E-state index in [1.54, 1.807) is 0 Å². The Morgan fingerprint density at radius 3 is 2.62 bits per heavy atom. The Bertz CT molecular complexity index is 967. The smallest absolute Gasteiger partial charge is 0.227 e. The fraction of sp³-hybridized carbons (Fsp3) is 0.308. The predicted molar refractivity (Wildman–Crippen MR) is 117 cm³/mol. The minimum atomic E-state index is 0.219. The van der Waals surface area contributed by atoms with Crippen LogP contribution in [0.1, 0.15) is 46.8 Å². The third-order valence-electron chi connectivity index (χ3n) is 5.69. The molecule has 0 radical (unpaired) electrons. The van der Waals surface area contributed by atoms with Crippen LogP contribution in [0.2, 0.25) is 0 Å². The first kappa shape index (κ1) is 19.4. The summed E-state index contributed by atoms with van der Waals surface area (Å²) in [6.45, 7) is 3.74. The number of rotatable bonds is 5. The van der Waals surface area contributed by atoms with Crippen LogP contribution in [0.4, 0.5) is 0 Å². The van der Waals surface area contributed by atoms with Crippen molar-refractivity contribution >= 4 is 5.91 Å². The third-order valence-corrected chi connectivity index (χ3v) is 5.69. The van der Waals surface area contributed by atoms with Crippen LogP contribution in [-0.2, 0) is 17.6 Å². The van der Waals surface area contributed by atoms with Crippen LogP contribution < -0.4 is 0 Å². The van der Waals surface area contributed by atoms with Gasteiger partial charge in [0, 0.05) is 36.8 Å². The summed E-state index contributed by atoms with van der Waals surface area (Å²) in [4.78, 5) is 19.8. The monoisotopic (exact) mass is 384 g/mol. The van der Waals surface area contributed by atoms with Gasteiger partial charge in [-0.2, -0.15) is 0 Å². The molecule has 0 saturated carbocycles. The van der Waals surface area contributed by atoms with Crippen LogP contribution in [0.25, 0.3) is 0 Å². The van der Waals surface area contributed by atoms with E-state index >= 15 is 0 Å². The summed E-state index contributed by atoms with van der Waals surface area (Å²) in [7, 11) is 0. The van der Waals surface area contributed by atoms with Crippen molar-refractivity contribution in [3.63, 3.8) is 0 Å². The molecule has 1 saturated heterocycles. The van der Waals surface area contributed by atoms with E-state index < -0.39 is 0 Å². The highest BCUT2D eigenvalue weighted by atomic mass is 16.2. The Labute approximate surface area is 173 Å². The van der Waals surface area contributed by atoms with Crippen molar-refractivity contribution in [3.8, 4) is 0 Å². The van der Waals surface area contributed by atoms with Gasteiger partial charge in [-0.1, -0.05) is 66.2 Å². The number of aryl methyl sites for hydroxylation is 1. The van der Waals surface area contributed by atoms with Gasteiger partial charge in [0.2, 0.25) is 5.91 Å². The van der Waals surface area contributed by atoms with Gasteiger partial charge in [-0.05, 0) is 43.0 Å². The predicted octanol–water partition coefficient (Wildman–Crippen LogP) is 4.93. The molecule has 1 aromatic heterocycles. The number of pyridine rings is 1. The maximum absolute atomic E-state index is 12.8. The van der Waals surface area contributed by atoms with Crippen LogP contribution in [0.3, 0.4) is 0 Å². The molecule has 29 heavy (non-hydrogen) atoms. The van der Waals surface area contributed by atoms with Gasteiger partial charge < -0.3 is 4.90 Å². The topological polar surface area (TPSA) is 33.2 Å². The van der Waals surface area contributed by atoms with Crippen molar-refractivity contribution in [2.75, 3.05) is 13.1 Å².